The van der Waals surface area contributed by atoms with E-state index in [4.69, 9.17) is 15.2 Å². The molecule has 0 bridgehead atoms. The molecule has 10 heteroatoms. The number of nitrogens with two attached hydrogens (primary N) is 1. The molecule has 0 saturated carbocycles. The number of nitrogen functional groups attached to an aromatic ring is 1. The number of aromatic nitrogens is 2. The molecule has 2 aromatic carbocycles. The van der Waals surface area contributed by atoms with Crippen molar-refractivity contribution in [1.29, 1.82) is 5.26 Å². The third kappa shape index (κ3) is 4.28. The highest BCUT2D eigenvalue weighted by molar-refractivity contribution is 7.98. The third-order valence-electron chi connectivity index (χ3n) is 3.43. The van der Waals surface area contributed by atoms with Crippen LogP contribution in [0.25, 0.3) is 0 Å². The smallest absolute Gasteiger partial charge is 0.373 e. The van der Waals surface area contributed by atoms with E-state index in [1.165, 1.54) is 18.2 Å². The summed E-state index contributed by atoms with van der Waals surface area (Å²) in [5, 5.41) is 20.8. The highest BCUT2D eigenvalue weighted by atomic mass is 32.2. The highest BCUT2D eigenvalue weighted by Gasteiger charge is 2.25. The Hall–Kier alpha value is -3.84. The van der Waals surface area contributed by atoms with Gasteiger partial charge in [0.2, 0.25) is 5.82 Å². The summed E-state index contributed by atoms with van der Waals surface area (Å²) in [5.74, 6) is 0.401. The van der Waals surface area contributed by atoms with Gasteiger partial charge < -0.3 is 15.2 Å². The van der Waals surface area contributed by atoms with Crippen LogP contribution in [0.1, 0.15) is 5.56 Å². The summed E-state index contributed by atoms with van der Waals surface area (Å²) >= 11 is 1.16. The molecular weight excluding hydrogens is 382 g/mol. The van der Waals surface area contributed by atoms with Crippen LogP contribution < -0.4 is 15.2 Å². The van der Waals surface area contributed by atoms with Gasteiger partial charge in [-0.05, 0) is 30.5 Å². The zero-order valence-electron chi connectivity index (χ0n) is 14.5. The summed E-state index contributed by atoms with van der Waals surface area (Å²) in [7, 11) is 0. The fourth-order valence-corrected chi connectivity index (χ4v) is 2.62. The molecule has 0 atom stereocenters. The summed E-state index contributed by atoms with van der Waals surface area (Å²) in [6, 6.07) is 15.4. The van der Waals surface area contributed by atoms with Gasteiger partial charge in [-0.25, -0.2) is 0 Å². The van der Waals surface area contributed by atoms with Crippen molar-refractivity contribution in [2.24, 2.45) is 0 Å². The molecule has 2 N–H and O–H groups in total. The first-order chi connectivity index (χ1) is 13.5. The van der Waals surface area contributed by atoms with Gasteiger partial charge in [-0.1, -0.05) is 30.0 Å². The van der Waals surface area contributed by atoms with E-state index < -0.39 is 10.6 Å². The second-order valence-electron chi connectivity index (χ2n) is 5.33. The maximum absolute atomic E-state index is 11.3. The molecule has 0 spiro atoms. The van der Waals surface area contributed by atoms with E-state index in [9.17, 15) is 15.4 Å². The minimum atomic E-state index is -0.718. The van der Waals surface area contributed by atoms with Crippen LogP contribution in [0.3, 0.4) is 0 Å². The van der Waals surface area contributed by atoms with Gasteiger partial charge in [0.1, 0.15) is 17.2 Å². The highest BCUT2D eigenvalue weighted by Crippen LogP contribution is 2.36. The van der Waals surface area contributed by atoms with Gasteiger partial charge in [0.25, 0.3) is 0 Å². The van der Waals surface area contributed by atoms with Crippen molar-refractivity contribution >= 4 is 23.3 Å². The monoisotopic (exact) mass is 395 g/mol. The normalized spacial score (nSPS) is 10.1. The van der Waals surface area contributed by atoms with Crippen molar-refractivity contribution < 1.29 is 14.4 Å². The summed E-state index contributed by atoms with van der Waals surface area (Å²) < 4.78 is 11.3. The van der Waals surface area contributed by atoms with Crippen molar-refractivity contribution in [2.75, 3.05) is 12.0 Å². The van der Waals surface area contributed by atoms with Gasteiger partial charge >= 0.3 is 11.6 Å². The van der Waals surface area contributed by atoms with Crippen molar-refractivity contribution in [1.82, 2.24) is 9.97 Å². The maximum Gasteiger partial charge on any atom is 0.373 e. The minimum Gasteiger partial charge on any atom is -0.457 e. The second-order valence-corrected chi connectivity index (χ2v) is 6.10. The van der Waals surface area contributed by atoms with Crippen LogP contribution in [0.2, 0.25) is 0 Å². The number of anilines is 1. The average molecular weight is 395 g/mol. The Balaban J connectivity index is 2.01. The first-order valence-corrected chi connectivity index (χ1v) is 9.04. The zero-order chi connectivity index (χ0) is 20.1. The predicted molar refractivity (Wildman–Crippen MR) is 103 cm³/mol. The number of nitrogens with zero attached hydrogens (tertiary/aromatic N) is 4. The zero-order valence-corrected chi connectivity index (χ0v) is 15.3. The standard InChI is InChI=1S/C18H13N5O4S/c1-28-18-21-16(20)15(23(24)25)17(22-18)27-14-8-11(10-19)7-13(9-14)26-12-5-3-2-4-6-12/h2-9H,1H3,(H2,20,21,22). The van der Waals surface area contributed by atoms with Crippen LogP contribution in [-0.2, 0) is 0 Å². The van der Waals surface area contributed by atoms with E-state index >= 15 is 0 Å². The van der Waals surface area contributed by atoms with E-state index in [-0.39, 0.29) is 28.2 Å². The van der Waals surface area contributed by atoms with Crippen molar-refractivity contribution in [3.05, 3.63) is 64.2 Å². The summed E-state index contributed by atoms with van der Waals surface area (Å²) in [4.78, 5) is 18.5. The van der Waals surface area contributed by atoms with E-state index in [0.29, 0.717) is 11.5 Å². The first kappa shape index (κ1) is 18.9. The van der Waals surface area contributed by atoms with Gasteiger partial charge in [0, 0.05) is 6.07 Å². The van der Waals surface area contributed by atoms with Crippen LogP contribution >= 0.6 is 11.8 Å². The van der Waals surface area contributed by atoms with Gasteiger partial charge in [-0.15, -0.1) is 0 Å². The lowest BCUT2D eigenvalue weighted by Crippen LogP contribution is -2.04. The largest absolute Gasteiger partial charge is 0.457 e. The predicted octanol–water partition coefficient (Wildman–Crippen LogP) is 4.15. The van der Waals surface area contributed by atoms with Crippen LogP contribution in [0, 0.1) is 21.4 Å². The Labute approximate surface area is 163 Å². The van der Waals surface area contributed by atoms with Gasteiger partial charge in [-0.3, -0.25) is 10.1 Å². The van der Waals surface area contributed by atoms with Gasteiger partial charge in [0.05, 0.1) is 16.6 Å². The first-order valence-electron chi connectivity index (χ1n) is 7.82. The SMILES string of the molecule is CSc1nc(N)c([N+](=O)[O-])c(Oc2cc(C#N)cc(Oc3ccccc3)c2)n1. The summed E-state index contributed by atoms with van der Waals surface area (Å²) in [6.07, 6.45) is 1.70. The Morgan fingerprint density at radius 2 is 1.79 bits per heavy atom. The molecule has 0 saturated heterocycles. The molecular formula is C18H13N5O4S. The summed E-state index contributed by atoms with van der Waals surface area (Å²) in [6.45, 7) is 0. The molecule has 1 aromatic heterocycles. The Bertz CT molecular complexity index is 1070. The molecule has 1 heterocycles. The van der Waals surface area contributed by atoms with Crippen LogP contribution in [0.4, 0.5) is 11.5 Å². The number of ether oxygens (including phenoxy) is 2. The molecule has 0 unspecified atom stereocenters. The number of nitro groups is 1. The van der Waals surface area contributed by atoms with E-state index in [1.807, 2.05) is 12.1 Å². The van der Waals surface area contributed by atoms with Crippen molar-refractivity contribution in [3.63, 3.8) is 0 Å². The Morgan fingerprint density at radius 1 is 1.11 bits per heavy atom. The lowest BCUT2D eigenvalue weighted by molar-refractivity contribution is -0.385. The fourth-order valence-electron chi connectivity index (χ4n) is 2.25. The molecule has 28 heavy (non-hydrogen) atoms. The molecule has 3 aromatic rings. The van der Waals surface area contributed by atoms with E-state index in [2.05, 4.69) is 9.97 Å². The number of para-hydroxylation sites is 1. The van der Waals surface area contributed by atoms with Crippen LogP contribution in [-0.4, -0.2) is 21.1 Å². The molecule has 0 amide bonds. The number of nitriles is 1. The summed E-state index contributed by atoms with van der Waals surface area (Å²) in [5.41, 5.74) is 5.38. The Kier molecular flexibility index (Phi) is 5.57. The third-order valence-corrected chi connectivity index (χ3v) is 3.97. The fraction of sp³-hybridized carbons (Fsp3) is 0.0556. The van der Waals surface area contributed by atoms with Crippen LogP contribution in [0.5, 0.6) is 23.1 Å². The Morgan fingerprint density at radius 3 is 2.39 bits per heavy atom. The quantitative estimate of drug-likeness (QED) is 0.282. The average Bonchev–Trinajstić information content (AvgIpc) is 2.67. The maximum atomic E-state index is 11.3. The minimum absolute atomic E-state index is 0.137. The lowest BCUT2D eigenvalue weighted by Gasteiger charge is -2.10. The number of thioether (sulfide) groups is 1. The number of hydrogen-bond donors (Lipinski definition) is 1. The molecule has 0 aliphatic carbocycles. The number of hydrogen-bond acceptors (Lipinski definition) is 9. The van der Waals surface area contributed by atoms with Gasteiger partial charge in [0.15, 0.2) is 5.16 Å². The molecule has 3 rings (SSSR count). The number of rotatable bonds is 6. The second kappa shape index (κ2) is 8.24. The lowest BCUT2D eigenvalue weighted by atomic mass is 10.2. The van der Waals surface area contributed by atoms with E-state index in [0.717, 1.165) is 11.8 Å². The topological polar surface area (TPSA) is 137 Å². The van der Waals surface area contributed by atoms with Gasteiger partial charge in [-0.2, -0.15) is 15.2 Å². The van der Waals surface area contributed by atoms with Crippen molar-refractivity contribution in [3.8, 4) is 29.2 Å². The molecule has 9 nitrogen and oxygen atoms in total. The number of benzene rings is 2. The van der Waals surface area contributed by atoms with E-state index in [1.54, 1.807) is 30.5 Å². The molecule has 0 fully saturated rings. The van der Waals surface area contributed by atoms with Crippen LogP contribution in [0.15, 0.2) is 53.7 Å². The molecule has 140 valence electrons. The molecule has 0 radical (unpaired) electrons. The van der Waals surface area contributed by atoms with Crippen molar-refractivity contribution in [2.45, 2.75) is 5.16 Å². The molecule has 0 aliphatic rings. The molecule has 0 aliphatic heterocycles.